The molecule has 94 valence electrons. The summed E-state index contributed by atoms with van der Waals surface area (Å²) in [7, 11) is 0. The van der Waals surface area contributed by atoms with Crippen molar-refractivity contribution in [1.29, 1.82) is 0 Å². The molecule has 1 aliphatic rings. The Kier molecular flexibility index (Phi) is 3.78. The molecule has 16 heavy (non-hydrogen) atoms. The van der Waals surface area contributed by atoms with Gasteiger partial charge in [-0.05, 0) is 26.7 Å². The van der Waals surface area contributed by atoms with Crippen LogP contribution in [0.4, 0.5) is 9.18 Å². The lowest BCUT2D eigenvalue weighted by molar-refractivity contribution is 0.00348. The van der Waals surface area contributed by atoms with E-state index in [0.717, 1.165) is 0 Å². The highest BCUT2D eigenvalue weighted by Crippen LogP contribution is 2.20. The van der Waals surface area contributed by atoms with E-state index in [0.29, 0.717) is 6.54 Å². The van der Waals surface area contributed by atoms with Crippen molar-refractivity contribution < 1.29 is 13.9 Å². The number of piperidine rings is 1. The van der Waals surface area contributed by atoms with Crippen molar-refractivity contribution in [3.8, 4) is 0 Å². The fraction of sp³-hybridized carbons (Fsp3) is 0.909. The van der Waals surface area contributed by atoms with Gasteiger partial charge in [-0.3, -0.25) is 0 Å². The first-order valence-corrected chi connectivity index (χ1v) is 5.58. The maximum atomic E-state index is 13.5. The van der Waals surface area contributed by atoms with Crippen LogP contribution in [0.5, 0.6) is 0 Å². The van der Waals surface area contributed by atoms with Gasteiger partial charge >= 0.3 is 6.09 Å². The molecular formula is C11H21FN2O2. The Bertz CT molecular complexity index is 253. The molecule has 5 heteroatoms. The van der Waals surface area contributed by atoms with Crippen LogP contribution in [0.3, 0.4) is 0 Å². The molecule has 0 bridgehead atoms. The van der Waals surface area contributed by atoms with Gasteiger partial charge in [0.15, 0.2) is 0 Å². The monoisotopic (exact) mass is 232 g/mol. The molecule has 0 spiro atoms. The second-order valence-corrected chi connectivity index (χ2v) is 5.46. The first kappa shape index (κ1) is 13.2. The van der Waals surface area contributed by atoms with E-state index in [1.54, 1.807) is 20.8 Å². The summed E-state index contributed by atoms with van der Waals surface area (Å²) in [6.45, 7) is 7.69. The quantitative estimate of drug-likeness (QED) is 0.689. The van der Waals surface area contributed by atoms with Crippen LogP contribution in [-0.2, 0) is 4.74 Å². The molecule has 3 atom stereocenters. The molecule has 1 fully saturated rings. The Hall–Kier alpha value is -0.840. The average molecular weight is 232 g/mol. The van der Waals surface area contributed by atoms with Gasteiger partial charge in [0.05, 0.1) is 6.54 Å². The largest absolute Gasteiger partial charge is 0.444 e. The van der Waals surface area contributed by atoms with Crippen LogP contribution < -0.4 is 5.73 Å². The van der Waals surface area contributed by atoms with Gasteiger partial charge in [-0.15, -0.1) is 0 Å². The molecule has 0 saturated carbocycles. The maximum absolute atomic E-state index is 13.5. The van der Waals surface area contributed by atoms with Gasteiger partial charge in [0.1, 0.15) is 11.8 Å². The van der Waals surface area contributed by atoms with Crippen LogP contribution in [0.2, 0.25) is 0 Å². The van der Waals surface area contributed by atoms with E-state index >= 15 is 0 Å². The van der Waals surface area contributed by atoms with Gasteiger partial charge in [-0.2, -0.15) is 0 Å². The number of ether oxygens (including phenoxy) is 1. The zero-order valence-electron chi connectivity index (χ0n) is 10.4. The summed E-state index contributed by atoms with van der Waals surface area (Å²) in [6.07, 6.45) is -1.63. The number of alkyl halides is 1. The third-order valence-electron chi connectivity index (χ3n) is 2.63. The molecule has 1 saturated heterocycles. The molecule has 0 aromatic heterocycles. The second kappa shape index (κ2) is 4.57. The third kappa shape index (κ3) is 3.33. The molecule has 0 aromatic rings. The van der Waals surface area contributed by atoms with E-state index in [2.05, 4.69) is 0 Å². The number of nitrogens with two attached hydrogens (primary N) is 1. The highest BCUT2D eigenvalue weighted by molar-refractivity contribution is 5.68. The molecule has 1 heterocycles. The van der Waals surface area contributed by atoms with E-state index in [4.69, 9.17) is 10.5 Å². The molecule has 0 unspecified atom stereocenters. The highest BCUT2D eigenvalue weighted by atomic mass is 19.1. The van der Waals surface area contributed by atoms with Crippen molar-refractivity contribution in [3.63, 3.8) is 0 Å². The summed E-state index contributed by atoms with van der Waals surface area (Å²) in [6, 6.07) is -0.487. The molecule has 1 aliphatic heterocycles. The highest BCUT2D eigenvalue weighted by Gasteiger charge is 2.35. The molecule has 1 amide bonds. The van der Waals surface area contributed by atoms with Gasteiger partial charge in [-0.1, -0.05) is 6.92 Å². The normalized spacial score (nSPS) is 31.4. The first-order chi connectivity index (χ1) is 7.20. The lowest BCUT2D eigenvalue weighted by Gasteiger charge is -2.37. The Labute approximate surface area is 95.9 Å². The topological polar surface area (TPSA) is 55.6 Å². The van der Waals surface area contributed by atoms with Crippen molar-refractivity contribution in [2.24, 2.45) is 11.7 Å². The minimum Gasteiger partial charge on any atom is -0.444 e. The zero-order valence-corrected chi connectivity index (χ0v) is 10.4. The van der Waals surface area contributed by atoms with Crippen LogP contribution in [-0.4, -0.2) is 41.9 Å². The number of nitrogens with zero attached hydrogens (tertiary/aromatic N) is 1. The van der Waals surface area contributed by atoms with Crippen molar-refractivity contribution in [3.05, 3.63) is 0 Å². The van der Waals surface area contributed by atoms with Crippen LogP contribution in [0.15, 0.2) is 0 Å². The Balaban J connectivity index is 2.58. The number of carbonyl (C=O) groups is 1. The summed E-state index contributed by atoms with van der Waals surface area (Å²) in [5, 5.41) is 0. The number of likely N-dealkylation sites (tertiary alicyclic amines) is 1. The van der Waals surface area contributed by atoms with Crippen molar-refractivity contribution in [2.75, 3.05) is 13.1 Å². The number of rotatable bonds is 0. The van der Waals surface area contributed by atoms with Crippen molar-refractivity contribution in [2.45, 2.75) is 45.5 Å². The average Bonchev–Trinajstić information content (AvgIpc) is 2.10. The Morgan fingerprint density at radius 3 is 2.44 bits per heavy atom. The van der Waals surface area contributed by atoms with E-state index in [1.807, 2.05) is 6.92 Å². The standard InChI is InChI=1S/C11H21FN2O2/c1-7-5-14(6-8(12)9(7)13)10(15)16-11(2,3)4/h7-9H,5-6,13H2,1-4H3/t7-,8-,9+/m0/s1. The van der Waals surface area contributed by atoms with Gasteiger partial charge < -0.3 is 15.4 Å². The first-order valence-electron chi connectivity index (χ1n) is 5.58. The van der Waals surface area contributed by atoms with Crippen LogP contribution in [0, 0.1) is 5.92 Å². The van der Waals surface area contributed by atoms with E-state index in [9.17, 15) is 9.18 Å². The minimum absolute atomic E-state index is 0.0282. The third-order valence-corrected chi connectivity index (χ3v) is 2.63. The van der Waals surface area contributed by atoms with Crippen molar-refractivity contribution >= 4 is 6.09 Å². The molecule has 2 N–H and O–H groups in total. The fourth-order valence-corrected chi connectivity index (χ4v) is 1.71. The predicted molar refractivity (Wildman–Crippen MR) is 59.8 cm³/mol. The number of halogens is 1. The van der Waals surface area contributed by atoms with Gasteiger partial charge in [0.25, 0.3) is 0 Å². The zero-order chi connectivity index (χ0) is 12.5. The lowest BCUT2D eigenvalue weighted by Crippen LogP contribution is -2.56. The number of hydrogen-bond acceptors (Lipinski definition) is 3. The molecule has 0 aliphatic carbocycles. The fourth-order valence-electron chi connectivity index (χ4n) is 1.71. The Morgan fingerprint density at radius 1 is 1.44 bits per heavy atom. The van der Waals surface area contributed by atoms with E-state index in [1.165, 1.54) is 4.90 Å². The van der Waals surface area contributed by atoms with Gasteiger partial charge in [0, 0.05) is 12.6 Å². The summed E-state index contributed by atoms with van der Waals surface area (Å²) in [5.74, 6) is -0.0451. The summed E-state index contributed by atoms with van der Waals surface area (Å²) in [4.78, 5) is 13.1. The van der Waals surface area contributed by atoms with E-state index < -0.39 is 23.9 Å². The smallest absolute Gasteiger partial charge is 0.410 e. The van der Waals surface area contributed by atoms with Gasteiger partial charge in [-0.25, -0.2) is 9.18 Å². The van der Waals surface area contributed by atoms with Crippen LogP contribution in [0.1, 0.15) is 27.7 Å². The predicted octanol–water partition coefficient (Wildman–Crippen LogP) is 1.54. The van der Waals surface area contributed by atoms with Crippen LogP contribution in [0.25, 0.3) is 0 Å². The van der Waals surface area contributed by atoms with Gasteiger partial charge in [0.2, 0.25) is 0 Å². The second-order valence-electron chi connectivity index (χ2n) is 5.46. The van der Waals surface area contributed by atoms with Crippen molar-refractivity contribution in [1.82, 2.24) is 4.90 Å². The summed E-state index contributed by atoms with van der Waals surface area (Å²) < 4.78 is 18.7. The minimum atomic E-state index is -1.17. The number of carbonyl (C=O) groups excluding carboxylic acids is 1. The summed E-state index contributed by atoms with van der Waals surface area (Å²) in [5.41, 5.74) is 5.11. The molecule has 0 radical (unpaired) electrons. The van der Waals surface area contributed by atoms with Crippen LogP contribution >= 0.6 is 0 Å². The molecule has 1 rings (SSSR count). The molecular weight excluding hydrogens is 211 g/mol. The van der Waals surface area contributed by atoms with E-state index in [-0.39, 0.29) is 12.5 Å². The molecule has 0 aromatic carbocycles. The SMILES string of the molecule is C[C@H]1CN(C(=O)OC(C)(C)C)C[C@H](F)[C@@H]1N. The lowest BCUT2D eigenvalue weighted by atomic mass is 9.93. The molecule has 4 nitrogen and oxygen atoms in total. The maximum Gasteiger partial charge on any atom is 0.410 e. The number of hydrogen-bond donors (Lipinski definition) is 1. The summed E-state index contributed by atoms with van der Waals surface area (Å²) >= 11 is 0. The Morgan fingerprint density at radius 2 is 2.00 bits per heavy atom. The number of amides is 1.